The third kappa shape index (κ3) is 10.7. The molecule has 1 unspecified atom stereocenters. The minimum absolute atomic E-state index is 0.0659. The van der Waals surface area contributed by atoms with Gasteiger partial charge >= 0.3 is 24.1 Å². The number of aromatic nitrogens is 1. The summed E-state index contributed by atoms with van der Waals surface area (Å²) in [6, 6.07) is 10.3. The van der Waals surface area contributed by atoms with E-state index >= 15 is 0 Å². The van der Waals surface area contributed by atoms with Gasteiger partial charge in [0.1, 0.15) is 23.2 Å². The summed E-state index contributed by atoms with van der Waals surface area (Å²) in [5.41, 5.74) is 4.29. The van der Waals surface area contributed by atoms with Gasteiger partial charge in [0.05, 0.1) is 17.0 Å². The number of ether oxygens (including phenoxy) is 1. The quantitative estimate of drug-likeness (QED) is 0.218. The zero-order valence-electron chi connectivity index (χ0n) is 21.0. The van der Waals surface area contributed by atoms with Crippen LogP contribution in [0.2, 0.25) is 5.02 Å². The highest BCUT2D eigenvalue weighted by Crippen LogP contribution is 2.36. The van der Waals surface area contributed by atoms with Gasteiger partial charge < -0.3 is 36.6 Å². The van der Waals surface area contributed by atoms with Crippen molar-refractivity contribution < 1.29 is 47.3 Å². The molecule has 7 N–H and O–H groups in total. The molecule has 0 aliphatic heterocycles. The van der Waals surface area contributed by atoms with Crippen LogP contribution in [0.5, 0.6) is 11.5 Å². The number of amides is 3. The van der Waals surface area contributed by atoms with Crippen molar-refractivity contribution in [3.63, 3.8) is 0 Å². The lowest BCUT2D eigenvalue weighted by molar-refractivity contribution is -0.144. The normalized spacial score (nSPS) is 11.3. The first kappa shape index (κ1) is 32.3. The molecular formula is C25H23ClF3N5O7. The van der Waals surface area contributed by atoms with E-state index in [0.717, 1.165) is 12.1 Å². The fourth-order valence-corrected chi connectivity index (χ4v) is 3.08. The number of nitrogens with zero attached hydrogens (tertiary/aromatic N) is 1. The Bertz CT molecular complexity index is 1410. The third-order valence-corrected chi connectivity index (χ3v) is 5.11. The number of carboxylic acid groups (broad SMARTS) is 2. The predicted octanol–water partition coefficient (Wildman–Crippen LogP) is 4.42. The van der Waals surface area contributed by atoms with E-state index in [1.165, 1.54) is 25.4 Å². The van der Waals surface area contributed by atoms with Crippen LogP contribution < -0.4 is 26.4 Å². The summed E-state index contributed by atoms with van der Waals surface area (Å²) >= 11 is 5.57. The summed E-state index contributed by atoms with van der Waals surface area (Å²) in [6.45, 7) is 0. The number of rotatable bonds is 8. The number of urea groups is 1. The maximum absolute atomic E-state index is 12.9. The molecule has 3 amide bonds. The number of nitrogens with two attached hydrogens (primary N) is 1. The third-order valence-electron chi connectivity index (χ3n) is 4.78. The highest BCUT2D eigenvalue weighted by atomic mass is 35.5. The van der Waals surface area contributed by atoms with Crippen LogP contribution in [0.3, 0.4) is 0 Å². The Morgan fingerprint density at radius 1 is 0.976 bits per heavy atom. The summed E-state index contributed by atoms with van der Waals surface area (Å²) in [7, 11) is 1.49. The number of benzene rings is 2. The SMILES string of the molecule is CNC(=O)c1cc(Oc2ccc(NC(=O)Nc3ccc(Cl)c(C(F)(F)F)c3)cc2)ccn1.NC(CC(=O)O)C(=O)O. The number of carbonyl (C=O) groups is 4. The van der Waals surface area contributed by atoms with Gasteiger partial charge in [0.2, 0.25) is 0 Å². The van der Waals surface area contributed by atoms with Crippen molar-refractivity contribution >= 4 is 46.9 Å². The second-order valence-corrected chi connectivity index (χ2v) is 8.30. The molecule has 16 heteroatoms. The van der Waals surface area contributed by atoms with Crippen molar-refractivity contribution in [3.8, 4) is 11.5 Å². The van der Waals surface area contributed by atoms with Gasteiger partial charge in [0.25, 0.3) is 5.91 Å². The molecule has 0 bridgehead atoms. The Kier molecular flexibility index (Phi) is 11.4. The Morgan fingerprint density at radius 3 is 2.12 bits per heavy atom. The molecule has 0 saturated carbocycles. The van der Waals surface area contributed by atoms with Crippen molar-refractivity contribution in [1.29, 1.82) is 0 Å². The van der Waals surface area contributed by atoms with Crippen molar-refractivity contribution in [2.24, 2.45) is 5.73 Å². The molecule has 12 nitrogen and oxygen atoms in total. The van der Waals surface area contributed by atoms with Gasteiger partial charge in [-0.15, -0.1) is 0 Å². The first-order valence-corrected chi connectivity index (χ1v) is 11.7. The molecule has 1 heterocycles. The molecule has 3 aromatic rings. The molecule has 1 aromatic heterocycles. The highest BCUT2D eigenvalue weighted by molar-refractivity contribution is 6.31. The maximum atomic E-state index is 12.9. The van der Waals surface area contributed by atoms with E-state index in [1.807, 2.05) is 0 Å². The van der Waals surface area contributed by atoms with Gasteiger partial charge in [-0.3, -0.25) is 19.4 Å². The highest BCUT2D eigenvalue weighted by Gasteiger charge is 2.33. The minimum atomic E-state index is -4.64. The predicted molar refractivity (Wildman–Crippen MR) is 141 cm³/mol. The molecule has 0 fully saturated rings. The van der Waals surface area contributed by atoms with Crippen LogP contribution in [0.1, 0.15) is 22.5 Å². The van der Waals surface area contributed by atoms with Gasteiger partial charge in [0.15, 0.2) is 0 Å². The Balaban J connectivity index is 0.000000564. The molecule has 1 atom stereocenters. The molecule has 3 rings (SSSR count). The zero-order chi connectivity index (χ0) is 30.7. The molecule has 2 aromatic carbocycles. The van der Waals surface area contributed by atoms with Crippen LogP contribution in [0, 0.1) is 0 Å². The number of pyridine rings is 1. The van der Waals surface area contributed by atoms with Crippen LogP contribution in [-0.2, 0) is 15.8 Å². The summed E-state index contributed by atoms with van der Waals surface area (Å²) in [5, 5.41) is 22.9. The van der Waals surface area contributed by atoms with Crippen molar-refractivity contribution in [2.45, 2.75) is 18.6 Å². The van der Waals surface area contributed by atoms with Crippen molar-refractivity contribution in [2.75, 3.05) is 17.7 Å². The standard InChI is InChI=1S/C21H16ClF3N4O3.C4H7NO4/c1-26-19(30)18-11-15(8-9-27-18)32-14-5-2-12(3-6-14)28-20(31)29-13-4-7-17(22)16(10-13)21(23,24)25;5-2(4(8)9)1-3(6)7/h2-11H,1H3,(H,26,30)(H2,28,29,31);2H,1,5H2,(H,6,7)(H,8,9). The topological polar surface area (TPSA) is 193 Å². The summed E-state index contributed by atoms with van der Waals surface area (Å²) < 4.78 is 44.5. The first-order valence-electron chi connectivity index (χ1n) is 11.3. The molecular weight excluding hydrogens is 575 g/mol. The minimum Gasteiger partial charge on any atom is -0.481 e. The van der Waals surface area contributed by atoms with E-state index in [-0.39, 0.29) is 17.3 Å². The average molecular weight is 598 g/mol. The van der Waals surface area contributed by atoms with Crippen LogP contribution in [-0.4, -0.2) is 52.2 Å². The lowest BCUT2D eigenvalue weighted by Gasteiger charge is -2.12. The number of nitrogens with one attached hydrogen (secondary N) is 3. The number of hydrogen-bond acceptors (Lipinski definition) is 7. The number of aliphatic carboxylic acids is 2. The van der Waals surface area contributed by atoms with E-state index in [0.29, 0.717) is 17.2 Å². The number of carboxylic acids is 2. The maximum Gasteiger partial charge on any atom is 0.417 e. The Hall–Kier alpha value is -4.89. The molecule has 218 valence electrons. The van der Waals surface area contributed by atoms with E-state index in [9.17, 15) is 32.3 Å². The van der Waals surface area contributed by atoms with Gasteiger partial charge in [-0.05, 0) is 48.5 Å². The van der Waals surface area contributed by atoms with Crippen molar-refractivity contribution in [1.82, 2.24) is 10.3 Å². The molecule has 0 radical (unpaired) electrons. The number of hydrogen-bond donors (Lipinski definition) is 6. The van der Waals surface area contributed by atoms with Gasteiger partial charge in [-0.2, -0.15) is 13.2 Å². The Labute approximate surface area is 235 Å². The number of carbonyl (C=O) groups excluding carboxylic acids is 2. The lowest BCUT2D eigenvalue weighted by Crippen LogP contribution is -2.32. The van der Waals surface area contributed by atoms with Crippen LogP contribution >= 0.6 is 11.6 Å². The second-order valence-electron chi connectivity index (χ2n) is 7.90. The molecule has 0 spiro atoms. The van der Waals surface area contributed by atoms with Gasteiger partial charge in [-0.1, -0.05) is 11.6 Å². The van der Waals surface area contributed by atoms with Crippen molar-refractivity contribution in [3.05, 3.63) is 77.1 Å². The largest absolute Gasteiger partial charge is 0.481 e. The van der Waals surface area contributed by atoms with E-state index in [4.69, 9.17) is 32.3 Å². The number of anilines is 2. The molecule has 0 aliphatic rings. The number of halogens is 4. The van der Waals surface area contributed by atoms with E-state index in [2.05, 4.69) is 20.9 Å². The summed E-state index contributed by atoms with van der Waals surface area (Å²) in [4.78, 5) is 47.3. The van der Waals surface area contributed by atoms with E-state index < -0.39 is 47.2 Å². The first-order chi connectivity index (χ1) is 19.2. The fraction of sp³-hybridized carbons (Fsp3) is 0.160. The zero-order valence-corrected chi connectivity index (χ0v) is 21.8. The van der Waals surface area contributed by atoms with E-state index in [1.54, 1.807) is 30.3 Å². The smallest absolute Gasteiger partial charge is 0.417 e. The number of alkyl halides is 3. The second kappa shape index (κ2) is 14.5. The van der Waals surface area contributed by atoms with Crippen LogP contribution in [0.25, 0.3) is 0 Å². The van der Waals surface area contributed by atoms with Gasteiger partial charge in [-0.25, -0.2) is 4.79 Å². The monoisotopic (exact) mass is 597 g/mol. The fourth-order valence-electron chi connectivity index (χ4n) is 2.86. The molecule has 0 aliphatic carbocycles. The van der Waals surface area contributed by atoms with Crippen LogP contribution in [0.15, 0.2) is 60.8 Å². The lowest BCUT2D eigenvalue weighted by atomic mass is 10.2. The Morgan fingerprint density at radius 2 is 1.59 bits per heavy atom. The average Bonchev–Trinajstić information content (AvgIpc) is 2.90. The summed E-state index contributed by atoms with van der Waals surface area (Å²) in [6.07, 6.45) is -3.74. The molecule has 0 saturated heterocycles. The van der Waals surface area contributed by atoms with Gasteiger partial charge in [0, 0.05) is 30.7 Å². The molecule has 41 heavy (non-hydrogen) atoms. The summed E-state index contributed by atoms with van der Waals surface area (Å²) in [5.74, 6) is -2.04. The van der Waals surface area contributed by atoms with Crippen LogP contribution in [0.4, 0.5) is 29.3 Å².